The Morgan fingerprint density at radius 1 is 1.03 bits per heavy atom. The standard InChI is InChI=1S/C23H26N4OS/c28-22(26-15-13-25(14-16-26)18-7-2-1-3-8-18)17-27-12-6-10-20(27)23-24-19-9-4-5-11-21(19)29-23/h1-5,7-9,11,20H,6,10,12-17H2/p+1/t20-/m0/s1. The number of thiazole rings is 1. The molecule has 0 bridgehead atoms. The van der Waals surface area contributed by atoms with Crippen molar-refractivity contribution >= 4 is 33.1 Å². The second kappa shape index (κ2) is 8.13. The van der Waals surface area contributed by atoms with Crippen LogP contribution < -0.4 is 9.80 Å². The Morgan fingerprint density at radius 2 is 1.79 bits per heavy atom. The quantitative estimate of drug-likeness (QED) is 0.722. The first kappa shape index (κ1) is 18.6. The van der Waals surface area contributed by atoms with Gasteiger partial charge in [0, 0.05) is 44.7 Å². The van der Waals surface area contributed by atoms with E-state index in [1.54, 1.807) is 11.3 Å². The minimum atomic E-state index is 0.292. The highest BCUT2D eigenvalue weighted by Crippen LogP contribution is 2.28. The van der Waals surface area contributed by atoms with Crippen molar-refractivity contribution in [2.45, 2.75) is 18.9 Å². The van der Waals surface area contributed by atoms with Crippen LogP contribution in [0.25, 0.3) is 10.2 Å². The molecule has 150 valence electrons. The summed E-state index contributed by atoms with van der Waals surface area (Å²) in [5.74, 6) is 0.292. The van der Waals surface area contributed by atoms with Crippen LogP contribution in [0.3, 0.4) is 0 Å². The van der Waals surface area contributed by atoms with Crippen molar-refractivity contribution in [2.24, 2.45) is 0 Å². The topological polar surface area (TPSA) is 40.9 Å². The third kappa shape index (κ3) is 3.87. The van der Waals surface area contributed by atoms with E-state index in [9.17, 15) is 4.79 Å². The van der Waals surface area contributed by atoms with Crippen molar-refractivity contribution in [2.75, 3.05) is 44.2 Å². The van der Waals surface area contributed by atoms with Gasteiger partial charge in [0.05, 0.1) is 16.8 Å². The summed E-state index contributed by atoms with van der Waals surface area (Å²) < 4.78 is 1.25. The first-order chi connectivity index (χ1) is 14.3. The van der Waals surface area contributed by atoms with Crippen LogP contribution in [-0.2, 0) is 4.79 Å². The van der Waals surface area contributed by atoms with Gasteiger partial charge >= 0.3 is 0 Å². The van der Waals surface area contributed by atoms with Gasteiger partial charge in [-0.25, -0.2) is 4.98 Å². The van der Waals surface area contributed by atoms with Gasteiger partial charge in [0.2, 0.25) is 0 Å². The van der Waals surface area contributed by atoms with Gasteiger partial charge in [-0.15, -0.1) is 11.3 Å². The monoisotopic (exact) mass is 407 g/mol. The summed E-state index contributed by atoms with van der Waals surface area (Å²) in [6.45, 7) is 5.10. The van der Waals surface area contributed by atoms with Gasteiger partial charge < -0.3 is 14.7 Å². The molecule has 1 aromatic heterocycles. The first-order valence-corrected chi connectivity index (χ1v) is 11.4. The molecule has 2 atom stereocenters. The van der Waals surface area contributed by atoms with E-state index in [2.05, 4.69) is 52.3 Å². The molecule has 3 heterocycles. The molecule has 1 N–H and O–H groups in total. The summed E-state index contributed by atoms with van der Waals surface area (Å²) in [5, 5.41) is 1.19. The van der Waals surface area contributed by atoms with Crippen molar-refractivity contribution in [3.8, 4) is 0 Å². The molecule has 1 amide bonds. The number of fused-ring (bicyclic) bond motifs is 1. The zero-order valence-corrected chi connectivity index (χ0v) is 17.4. The zero-order valence-electron chi connectivity index (χ0n) is 16.6. The molecule has 2 aliphatic heterocycles. The van der Waals surface area contributed by atoms with E-state index in [1.807, 2.05) is 12.1 Å². The van der Waals surface area contributed by atoms with E-state index >= 15 is 0 Å². The molecular weight excluding hydrogens is 380 g/mol. The fraction of sp³-hybridized carbons (Fsp3) is 0.391. The number of nitrogens with one attached hydrogen (secondary N) is 1. The number of carbonyl (C=O) groups excluding carboxylic acids is 1. The minimum absolute atomic E-state index is 0.292. The molecule has 1 unspecified atom stereocenters. The Bertz CT molecular complexity index is 948. The molecule has 3 aromatic rings. The van der Waals surface area contributed by atoms with Crippen LogP contribution in [0.5, 0.6) is 0 Å². The lowest BCUT2D eigenvalue weighted by Crippen LogP contribution is -3.11. The number of para-hydroxylation sites is 2. The van der Waals surface area contributed by atoms with Gasteiger partial charge in [-0.1, -0.05) is 30.3 Å². The number of quaternary nitrogens is 1. The summed E-state index contributed by atoms with van der Waals surface area (Å²) in [7, 11) is 0. The lowest BCUT2D eigenvalue weighted by atomic mass is 10.2. The van der Waals surface area contributed by atoms with Crippen LogP contribution in [0.15, 0.2) is 54.6 Å². The van der Waals surface area contributed by atoms with Crippen molar-refractivity contribution < 1.29 is 9.69 Å². The first-order valence-electron chi connectivity index (χ1n) is 10.6. The van der Waals surface area contributed by atoms with Crippen LogP contribution in [0.2, 0.25) is 0 Å². The number of amides is 1. The van der Waals surface area contributed by atoms with E-state index in [-0.39, 0.29) is 0 Å². The molecule has 2 fully saturated rings. The predicted molar refractivity (Wildman–Crippen MR) is 118 cm³/mol. The molecule has 0 spiro atoms. The molecule has 5 nitrogen and oxygen atoms in total. The number of aromatic nitrogens is 1. The maximum absolute atomic E-state index is 13.0. The normalized spacial score (nSPS) is 22.3. The van der Waals surface area contributed by atoms with Crippen LogP contribution >= 0.6 is 11.3 Å². The molecule has 2 aromatic carbocycles. The predicted octanol–water partition coefficient (Wildman–Crippen LogP) is 2.36. The summed E-state index contributed by atoms with van der Waals surface area (Å²) >= 11 is 1.80. The van der Waals surface area contributed by atoms with Crippen molar-refractivity contribution in [1.82, 2.24) is 9.88 Å². The fourth-order valence-electron chi connectivity index (χ4n) is 4.62. The highest BCUT2D eigenvalue weighted by molar-refractivity contribution is 7.18. The van der Waals surface area contributed by atoms with Crippen LogP contribution in [0, 0.1) is 0 Å². The third-order valence-corrected chi connectivity index (χ3v) is 7.37. The van der Waals surface area contributed by atoms with Gasteiger partial charge in [0.15, 0.2) is 11.6 Å². The number of nitrogens with zero attached hydrogens (tertiary/aromatic N) is 3. The van der Waals surface area contributed by atoms with E-state index in [0.717, 1.165) is 44.7 Å². The molecule has 0 radical (unpaired) electrons. The summed E-state index contributed by atoms with van der Waals surface area (Å²) in [5.41, 5.74) is 2.34. The van der Waals surface area contributed by atoms with Gasteiger partial charge in [-0.3, -0.25) is 4.79 Å². The van der Waals surface area contributed by atoms with E-state index in [0.29, 0.717) is 18.5 Å². The van der Waals surface area contributed by atoms with Crippen molar-refractivity contribution in [1.29, 1.82) is 0 Å². The Kier molecular flexibility index (Phi) is 5.21. The Morgan fingerprint density at radius 3 is 2.59 bits per heavy atom. The number of rotatable bonds is 4. The average Bonchev–Trinajstić information content (AvgIpc) is 3.41. The third-order valence-electron chi connectivity index (χ3n) is 6.22. The van der Waals surface area contributed by atoms with Crippen molar-refractivity contribution in [3.63, 3.8) is 0 Å². The van der Waals surface area contributed by atoms with E-state index in [4.69, 9.17) is 4.98 Å². The van der Waals surface area contributed by atoms with Gasteiger partial charge in [0.1, 0.15) is 6.04 Å². The van der Waals surface area contributed by atoms with Gasteiger partial charge in [-0.05, 0) is 24.3 Å². The van der Waals surface area contributed by atoms with Gasteiger partial charge in [-0.2, -0.15) is 0 Å². The molecule has 2 aliphatic rings. The Balaban J connectivity index is 1.21. The molecule has 6 heteroatoms. The van der Waals surface area contributed by atoms with E-state index in [1.165, 1.54) is 26.7 Å². The number of anilines is 1. The highest BCUT2D eigenvalue weighted by atomic mass is 32.1. The minimum Gasteiger partial charge on any atom is -0.368 e. The second-order valence-corrected chi connectivity index (χ2v) is 9.07. The van der Waals surface area contributed by atoms with Crippen LogP contribution in [0.4, 0.5) is 5.69 Å². The summed E-state index contributed by atoms with van der Waals surface area (Å²) in [4.78, 5) is 23.7. The van der Waals surface area contributed by atoms with E-state index < -0.39 is 0 Å². The Hall–Kier alpha value is -2.44. The van der Waals surface area contributed by atoms with Crippen LogP contribution in [-0.4, -0.2) is 55.1 Å². The largest absolute Gasteiger partial charge is 0.368 e. The summed E-state index contributed by atoms with van der Waals surface area (Å²) in [6.07, 6.45) is 2.30. The molecular formula is C23H27N4OS+. The lowest BCUT2D eigenvalue weighted by molar-refractivity contribution is -0.910. The Labute approximate surface area is 175 Å². The smallest absolute Gasteiger partial charge is 0.277 e. The number of likely N-dealkylation sites (tertiary alicyclic amines) is 1. The molecule has 0 aliphatic carbocycles. The number of hydrogen-bond donors (Lipinski definition) is 1. The average molecular weight is 408 g/mol. The number of piperazine rings is 1. The fourth-order valence-corrected chi connectivity index (χ4v) is 5.78. The molecule has 2 saturated heterocycles. The van der Waals surface area contributed by atoms with Gasteiger partial charge in [0.25, 0.3) is 5.91 Å². The van der Waals surface area contributed by atoms with Crippen molar-refractivity contribution in [3.05, 3.63) is 59.6 Å². The number of hydrogen-bond acceptors (Lipinski definition) is 4. The molecule has 0 saturated carbocycles. The highest BCUT2D eigenvalue weighted by Gasteiger charge is 2.35. The summed E-state index contributed by atoms with van der Waals surface area (Å²) in [6, 6.07) is 19.2. The lowest BCUT2D eigenvalue weighted by Gasteiger charge is -2.36. The number of benzene rings is 2. The zero-order chi connectivity index (χ0) is 19.6. The maximum Gasteiger partial charge on any atom is 0.277 e. The SMILES string of the molecule is O=C(C[NH+]1CCC[C@H]1c1nc2ccccc2s1)N1CCN(c2ccccc2)CC1. The molecule has 5 rings (SSSR count). The molecule has 29 heavy (non-hydrogen) atoms. The second-order valence-electron chi connectivity index (χ2n) is 8.00. The maximum atomic E-state index is 13.0. The van der Waals surface area contributed by atoms with Crippen LogP contribution in [0.1, 0.15) is 23.9 Å². The number of carbonyl (C=O) groups is 1.